The molecule has 144 valence electrons. The number of ether oxygens (including phenoxy) is 1. The van der Waals surface area contributed by atoms with E-state index in [1.807, 2.05) is 4.90 Å². The number of nitrogens with one attached hydrogen (secondary N) is 1. The molecule has 2 fully saturated rings. The van der Waals surface area contributed by atoms with Crippen molar-refractivity contribution < 1.29 is 18.1 Å². The van der Waals surface area contributed by atoms with Crippen molar-refractivity contribution in [2.45, 2.75) is 6.92 Å². The maximum absolute atomic E-state index is 11.7. The number of aromatic nitrogens is 2. The maximum Gasteiger partial charge on any atom is 0.373 e. The van der Waals surface area contributed by atoms with E-state index in [-0.39, 0.29) is 48.6 Å². The van der Waals surface area contributed by atoms with E-state index in [0.717, 1.165) is 13.1 Å². The minimum Gasteiger partial charge on any atom is -0.473 e. The Morgan fingerprint density at radius 3 is 2.38 bits per heavy atom. The van der Waals surface area contributed by atoms with Crippen LogP contribution in [0.1, 0.15) is 6.92 Å². The van der Waals surface area contributed by atoms with Gasteiger partial charge < -0.3 is 19.9 Å². The van der Waals surface area contributed by atoms with Gasteiger partial charge in [-0.05, 0) is 6.92 Å². The molecule has 1 aromatic rings. The molecule has 0 aromatic carbocycles. The Morgan fingerprint density at radius 1 is 1.15 bits per heavy atom. The largest absolute Gasteiger partial charge is 0.473 e. The van der Waals surface area contributed by atoms with Crippen LogP contribution in [0.5, 0.6) is 5.88 Å². The summed E-state index contributed by atoms with van der Waals surface area (Å²) in [6, 6.07) is 0. The van der Waals surface area contributed by atoms with Gasteiger partial charge in [0.2, 0.25) is 11.8 Å². The Kier molecular flexibility index (Phi) is 5.41. The van der Waals surface area contributed by atoms with Gasteiger partial charge in [0.15, 0.2) is 9.84 Å². The first-order valence-electron chi connectivity index (χ1n) is 8.51. The SMILES string of the molecule is CCOc1nc(N2CCNCC2)nc(N2CCS(=O)(=O)CC2)c1[N+](=O)[O-]. The summed E-state index contributed by atoms with van der Waals surface area (Å²) < 4.78 is 28.8. The highest BCUT2D eigenvalue weighted by Crippen LogP contribution is 2.37. The standard InChI is InChI=1S/C14H22N6O5S/c1-2-25-13-11(20(21)22)12(18-7-9-26(23,24)10-8-18)16-14(17-13)19-5-3-15-4-6-19/h15H,2-10H2,1H3. The molecule has 3 heterocycles. The molecule has 2 saturated heterocycles. The summed E-state index contributed by atoms with van der Waals surface area (Å²) in [7, 11) is -3.11. The van der Waals surface area contributed by atoms with Crippen molar-refractivity contribution >= 4 is 27.3 Å². The summed E-state index contributed by atoms with van der Waals surface area (Å²) in [5.41, 5.74) is -0.315. The Morgan fingerprint density at radius 2 is 1.81 bits per heavy atom. The molecule has 0 saturated carbocycles. The van der Waals surface area contributed by atoms with Crippen LogP contribution in [0.4, 0.5) is 17.5 Å². The molecule has 26 heavy (non-hydrogen) atoms. The van der Waals surface area contributed by atoms with E-state index in [9.17, 15) is 18.5 Å². The fraction of sp³-hybridized carbons (Fsp3) is 0.714. The summed E-state index contributed by atoms with van der Waals surface area (Å²) >= 11 is 0. The van der Waals surface area contributed by atoms with Crippen molar-refractivity contribution in [1.82, 2.24) is 15.3 Å². The first-order valence-corrected chi connectivity index (χ1v) is 10.3. The molecule has 2 aliphatic heterocycles. The average Bonchev–Trinajstić information content (AvgIpc) is 2.62. The fourth-order valence-corrected chi connectivity index (χ4v) is 4.16. The van der Waals surface area contributed by atoms with Gasteiger partial charge in [0.1, 0.15) is 0 Å². The molecule has 1 aromatic heterocycles. The van der Waals surface area contributed by atoms with Crippen LogP contribution in [0.15, 0.2) is 0 Å². The maximum atomic E-state index is 11.7. The molecule has 0 bridgehead atoms. The van der Waals surface area contributed by atoms with Crippen LogP contribution in [0.2, 0.25) is 0 Å². The van der Waals surface area contributed by atoms with Crippen LogP contribution in [0.3, 0.4) is 0 Å². The lowest BCUT2D eigenvalue weighted by atomic mass is 10.3. The minimum atomic E-state index is -3.11. The van der Waals surface area contributed by atoms with Gasteiger partial charge >= 0.3 is 11.6 Å². The number of rotatable bonds is 5. The van der Waals surface area contributed by atoms with Crippen LogP contribution in [-0.4, -0.2) is 80.7 Å². The highest BCUT2D eigenvalue weighted by atomic mass is 32.2. The predicted octanol–water partition coefficient (Wildman–Crippen LogP) is -0.572. The van der Waals surface area contributed by atoms with E-state index in [2.05, 4.69) is 15.3 Å². The second kappa shape index (κ2) is 7.58. The van der Waals surface area contributed by atoms with Crippen molar-refractivity contribution in [3.63, 3.8) is 0 Å². The van der Waals surface area contributed by atoms with E-state index in [0.29, 0.717) is 19.0 Å². The number of piperazine rings is 1. The number of nitro groups is 1. The smallest absolute Gasteiger partial charge is 0.373 e. The minimum absolute atomic E-state index is 0.0545. The van der Waals surface area contributed by atoms with Gasteiger partial charge in [-0.3, -0.25) is 10.1 Å². The van der Waals surface area contributed by atoms with Crippen LogP contribution in [0.25, 0.3) is 0 Å². The molecule has 2 aliphatic rings. The topological polar surface area (TPSA) is 131 Å². The zero-order valence-corrected chi connectivity index (χ0v) is 15.4. The summed E-state index contributed by atoms with van der Waals surface area (Å²) in [5.74, 6) is 0.299. The van der Waals surface area contributed by atoms with Gasteiger partial charge in [0.05, 0.1) is 23.0 Å². The lowest BCUT2D eigenvalue weighted by Gasteiger charge is -2.30. The number of anilines is 2. The molecule has 0 aliphatic carbocycles. The molecule has 3 rings (SSSR count). The second-order valence-electron chi connectivity index (χ2n) is 6.07. The number of hydrogen-bond acceptors (Lipinski definition) is 10. The van der Waals surface area contributed by atoms with Crippen LogP contribution in [0, 0.1) is 10.1 Å². The third-order valence-electron chi connectivity index (χ3n) is 4.33. The van der Waals surface area contributed by atoms with Crippen molar-refractivity contribution in [3.8, 4) is 5.88 Å². The van der Waals surface area contributed by atoms with Crippen molar-refractivity contribution in [1.29, 1.82) is 0 Å². The summed E-state index contributed by atoms with van der Waals surface area (Å²) in [6.45, 7) is 5.16. The number of sulfone groups is 1. The molecule has 0 radical (unpaired) electrons. The van der Waals surface area contributed by atoms with Gasteiger partial charge in [-0.2, -0.15) is 9.97 Å². The number of nitrogens with zero attached hydrogens (tertiary/aromatic N) is 5. The molecular weight excluding hydrogens is 364 g/mol. The van der Waals surface area contributed by atoms with Gasteiger partial charge in [0, 0.05) is 39.3 Å². The summed E-state index contributed by atoms with van der Waals surface area (Å²) in [6.07, 6.45) is 0. The monoisotopic (exact) mass is 386 g/mol. The predicted molar refractivity (Wildman–Crippen MR) is 95.8 cm³/mol. The Labute approximate surface area is 151 Å². The number of hydrogen-bond donors (Lipinski definition) is 1. The van der Waals surface area contributed by atoms with Crippen molar-refractivity contribution in [3.05, 3.63) is 10.1 Å². The molecule has 0 unspecified atom stereocenters. The van der Waals surface area contributed by atoms with Gasteiger partial charge in [-0.15, -0.1) is 0 Å². The fourth-order valence-electron chi connectivity index (χ4n) is 2.96. The van der Waals surface area contributed by atoms with Crippen LogP contribution in [-0.2, 0) is 9.84 Å². The second-order valence-corrected chi connectivity index (χ2v) is 8.37. The van der Waals surface area contributed by atoms with E-state index >= 15 is 0 Å². The highest BCUT2D eigenvalue weighted by molar-refractivity contribution is 7.91. The molecule has 12 heteroatoms. The Hall–Kier alpha value is -2.21. The van der Waals surface area contributed by atoms with Crippen molar-refractivity contribution in [2.75, 3.05) is 67.2 Å². The van der Waals surface area contributed by atoms with Crippen LogP contribution >= 0.6 is 0 Å². The normalized spacial score (nSPS) is 20.0. The molecular formula is C14H22N6O5S. The molecule has 0 atom stereocenters. The molecule has 0 amide bonds. The highest BCUT2D eigenvalue weighted by Gasteiger charge is 2.34. The zero-order valence-electron chi connectivity index (χ0n) is 14.5. The van der Waals surface area contributed by atoms with E-state index in [1.54, 1.807) is 11.8 Å². The summed E-state index contributed by atoms with van der Waals surface area (Å²) in [4.78, 5) is 23.4. The lowest BCUT2D eigenvalue weighted by molar-refractivity contribution is -0.385. The zero-order chi connectivity index (χ0) is 18.7. The van der Waals surface area contributed by atoms with Gasteiger partial charge in [-0.1, -0.05) is 0 Å². The quantitative estimate of drug-likeness (QED) is 0.518. The van der Waals surface area contributed by atoms with Gasteiger partial charge in [0.25, 0.3) is 0 Å². The average molecular weight is 386 g/mol. The molecule has 0 spiro atoms. The summed E-state index contributed by atoms with van der Waals surface area (Å²) in [5, 5.41) is 14.9. The van der Waals surface area contributed by atoms with Crippen LogP contribution < -0.4 is 19.9 Å². The Bertz CT molecular complexity index is 766. The Balaban J connectivity index is 2.03. The van der Waals surface area contributed by atoms with Gasteiger partial charge in [-0.25, -0.2) is 8.42 Å². The third kappa shape index (κ3) is 3.96. The molecule has 1 N–H and O–H groups in total. The third-order valence-corrected chi connectivity index (χ3v) is 5.94. The van der Waals surface area contributed by atoms with E-state index in [4.69, 9.17) is 4.74 Å². The lowest BCUT2D eigenvalue weighted by Crippen LogP contribution is -2.45. The molecule has 11 nitrogen and oxygen atoms in total. The van der Waals surface area contributed by atoms with E-state index in [1.165, 1.54) is 0 Å². The first-order chi connectivity index (χ1) is 12.4. The van der Waals surface area contributed by atoms with Crippen molar-refractivity contribution in [2.24, 2.45) is 0 Å². The first kappa shape index (κ1) is 18.6. The van der Waals surface area contributed by atoms with E-state index < -0.39 is 14.8 Å².